The van der Waals surface area contributed by atoms with E-state index >= 15 is 0 Å². The van der Waals surface area contributed by atoms with Gasteiger partial charge < -0.3 is 14.7 Å². The molecule has 6 nitrogen and oxygen atoms in total. The van der Waals surface area contributed by atoms with Crippen LogP contribution in [0, 0.1) is 0 Å². The zero-order valence-electron chi connectivity index (χ0n) is 10.4. The number of aromatic nitrogens is 2. The summed E-state index contributed by atoms with van der Waals surface area (Å²) in [6.45, 7) is 6.37. The number of nitrogens with zero attached hydrogens (tertiary/aromatic N) is 3. The summed E-state index contributed by atoms with van der Waals surface area (Å²) in [5.41, 5.74) is 0. The SMILES string of the molecule is C=CCN(CC(=O)O)c1cncc(OCCC)n1. The number of carboxylic acid groups (broad SMARTS) is 1. The molecule has 0 saturated heterocycles. The van der Waals surface area contributed by atoms with Gasteiger partial charge in [-0.2, -0.15) is 4.98 Å². The highest BCUT2D eigenvalue weighted by Crippen LogP contribution is 2.14. The van der Waals surface area contributed by atoms with Crippen LogP contribution in [0.1, 0.15) is 13.3 Å². The van der Waals surface area contributed by atoms with Gasteiger partial charge in [-0.1, -0.05) is 13.0 Å². The lowest BCUT2D eigenvalue weighted by atomic mass is 10.4. The van der Waals surface area contributed by atoms with Gasteiger partial charge in [0.25, 0.3) is 0 Å². The number of rotatable bonds is 8. The maximum absolute atomic E-state index is 10.8. The maximum Gasteiger partial charge on any atom is 0.323 e. The molecule has 0 atom stereocenters. The highest BCUT2D eigenvalue weighted by atomic mass is 16.5. The standard InChI is InChI=1S/C12H17N3O3/c1-3-5-15(9-12(16)17)10-7-13-8-11(14-10)18-6-4-2/h3,7-8H,1,4-6,9H2,2H3,(H,16,17). The molecular formula is C12H17N3O3. The van der Waals surface area contributed by atoms with Gasteiger partial charge in [-0.05, 0) is 6.42 Å². The lowest BCUT2D eigenvalue weighted by molar-refractivity contribution is -0.135. The number of anilines is 1. The van der Waals surface area contributed by atoms with E-state index < -0.39 is 5.97 Å². The van der Waals surface area contributed by atoms with E-state index in [9.17, 15) is 4.79 Å². The first-order valence-electron chi connectivity index (χ1n) is 5.69. The summed E-state index contributed by atoms with van der Waals surface area (Å²) in [4.78, 5) is 20.5. The topological polar surface area (TPSA) is 75.6 Å². The zero-order chi connectivity index (χ0) is 13.4. The Morgan fingerprint density at radius 2 is 2.39 bits per heavy atom. The van der Waals surface area contributed by atoms with E-state index in [4.69, 9.17) is 9.84 Å². The van der Waals surface area contributed by atoms with Crippen LogP contribution in [0.4, 0.5) is 5.82 Å². The second-order valence-corrected chi connectivity index (χ2v) is 3.63. The summed E-state index contributed by atoms with van der Waals surface area (Å²) in [7, 11) is 0. The maximum atomic E-state index is 10.8. The first kappa shape index (κ1) is 14.0. The predicted molar refractivity (Wildman–Crippen MR) is 67.9 cm³/mol. The molecule has 6 heteroatoms. The van der Waals surface area contributed by atoms with Gasteiger partial charge in [0.15, 0.2) is 5.82 Å². The minimum Gasteiger partial charge on any atom is -0.480 e. The fourth-order valence-electron chi connectivity index (χ4n) is 1.33. The average Bonchev–Trinajstić information content (AvgIpc) is 2.36. The third-order valence-corrected chi connectivity index (χ3v) is 2.05. The molecule has 0 aromatic carbocycles. The molecule has 0 aliphatic rings. The smallest absolute Gasteiger partial charge is 0.323 e. The molecule has 18 heavy (non-hydrogen) atoms. The van der Waals surface area contributed by atoms with Crippen LogP contribution < -0.4 is 9.64 Å². The second-order valence-electron chi connectivity index (χ2n) is 3.63. The van der Waals surface area contributed by atoms with Crippen LogP contribution >= 0.6 is 0 Å². The summed E-state index contributed by atoms with van der Waals surface area (Å²) in [6.07, 6.45) is 5.50. The van der Waals surface area contributed by atoms with Crippen molar-refractivity contribution in [3.8, 4) is 5.88 Å². The van der Waals surface area contributed by atoms with Gasteiger partial charge in [0.2, 0.25) is 5.88 Å². The van der Waals surface area contributed by atoms with Gasteiger partial charge >= 0.3 is 5.97 Å². The van der Waals surface area contributed by atoms with E-state index in [2.05, 4.69) is 16.5 Å². The van der Waals surface area contributed by atoms with Crippen LogP contribution in [-0.4, -0.2) is 40.7 Å². The Kier molecular flexibility index (Phi) is 5.63. The molecule has 0 bridgehead atoms. The molecule has 1 rings (SSSR count). The van der Waals surface area contributed by atoms with Crippen molar-refractivity contribution in [3.05, 3.63) is 25.0 Å². The van der Waals surface area contributed by atoms with Crippen molar-refractivity contribution < 1.29 is 14.6 Å². The normalized spacial score (nSPS) is 9.83. The Balaban J connectivity index is 2.82. The highest BCUT2D eigenvalue weighted by molar-refractivity contribution is 5.73. The molecule has 1 heterocycles. The Morgan fingerprint density at radius 1 is 1.61 bits per heavy atom. The van der Waals surface area contributed by atoms with Crippen molar-refractivity contribution in [1.29, 1.82) is 0 Å². The van der Waals surface area contributed by atoms with E-state index in [1.807, 2.05) is 6.92 Å². The summed E-state index contributed by atoms with van der Waals surface area (Å²) in [5, 5.41) is 8.83. The van der Waals surface area contributed by atoms with Crippen molar-refractivity contribution in [1.82, 2.24) is 9.97 Å². The van der Waals surface area contributed by atoms with E-state index in [-0.39, 0.29) is 6.54 Å². The highest BCUT2D eigenvalue weighted by Gasteiger charge is 2.11. The zero-order valence-corrected chi connectivity index (χ0v) is 10.4. The fourth-order valence-corrected chi connectivity index (χ4v) is 1.33. The summed E-state index contributed by atoms with van der Waals surface area (Å²) in [5.74, 6) is -0.0711. The first-order chi connectivity index (χ1) is 8.67. The van der Waals surface area contributed by atoms with Gasteiger partial charge in [-0.3, -0.25) is 9.78 Å². The molecule has 0 fully saturated rings. The summed E-state index contributed by atoms with van der Waals surface area (Å²) < 4.78 is 5.36. The molecule has 0 aliphatic heterocycles. The second kappa shape index (κ2) is 7.26. The van der Waals surface area contributed by atoms with Gasteiger partial charge in [0.1, 0.15) is 6.54 Å². The van der Waals surface area contributed by atoms with Crippen molar-refractivity contribution >= 4 is 11.8 Å². The summed E-state index contributed by atoms with van der Waals surface area (Å²) >= 11 is 0. The number of ether oxygens (including phenoxy) is 1. The van der Waals surface area contributed by atoms with Crippen LogP contribution in [0.3, 0.4) is 0 Å². The quantitative estimate of drug-likeness (QED) is 0.703. The van der Waals surface area contributed by atoms with Gasteiger partial charge in [-0.15, -0.1) is 6.58 Å². The molecule has 0 aliphatic carbocycles. The van der Waals surface area contributed by atoms with E-state index in [1.54, 1.807) is 11.0 Å². The van der Waals surface area contributed by atoms with E-state index in [0.717, 1.165) is 6.42 Å². The number of hydrogen-bond acceptors (Lipinski definition) is 5. The molecular weight excluding hydrogens is 234 g/mol. The number of carbonyl (C=O) groups is 1. The van der Waals surface area contributed by atoms with Gasteiger partial charge in [-0.25, -0.2) is 0 Å². The Labute approximate surface area is 106 Å². The lowest BCUT2D eigenvalue weighted by Crippen LogP contribution is -2.30. The lowest BCUT2D eigenvalue weighted by Gasteiger charge is -2.19. The molecule has 0 spiro atoms. The fraction of sp³-hybridized carbons (Fsp3) is 0.417. The van der Waals surface area contributed by atoms with Crippen LogP contribution in [0.5, 0.6) is 5.88 Å². The molecule has 0 radical (unpaired) electrons. The Hall–Kier alpha value is -2.11. The minimum atomic E-state index is -0.932. The number of carboxylic acids is 1. The molecule has 0 amide bonds. The average molecular weight is 251 g/mol. The number of aliphatic carboxylic acids is 1. The summed E-state index contributed by atoms with van der Waals surface area (Å²) in [6, 6.07) is 0. The van der Waals surface area contributed by atoms with Crippen molar-refractivity contribution in [3.63, 3.8) is 0 Å². The first-order valence-corrected chi connectivity index (χ1v) is 5.69. The van der Waals surface area contributed by atoms with Crippen LogP contribution in [0.2, 0.25) is 0 Å². The van der Waals surface area contributed by atoms with Crippen LogP contribution in [0.15, 0.2) is 25.0 Å². The third-order valence-electron chi connectivity index (χ3n) is 2.05. The molecule has 1 aromatic heterocycles. The third kappa shape index (κ3) is 4.40. The Bertz CT molecular complexity index is 409. The van der Waals surface area contributed by atoms with Crippen LogP contribution in [-0.2, 0) is 4.79 Å². The largest absolute Gasteiger partial charge is 0.480 e. The van der Waals surface area contributed by atoms with Crippen LogP contribution in [0.25, 0.3) is 0 Å². The molecule has 1 N–H and O–H groups in total. The van der Waals surface area contributed by atoms with Crippen molar-refractivity contribution in [2.24, 2.45) is 0 Å². The number of hydrogen-bond donors (Lipinski definition) is 1. The van der Waals surface area contributed by atoms with Crippen molar-refractivity contribution in [2.75, 3.05) is 24.6 Å². The molecule has 0 unspecified atom stereocenters. The molecule has 98 valence electrons. The molecule has 1 aromatic rings. The molecule has 0 saturated carbocycles. The minimum absolute atomic E-state index is 0.155. The predicted octanol–water partition coefficient (Wildman–Crippen LogP) is 1.34. The van der Waals surface area contributed by atoms with Gasteiger partial charge in [0.05, 0.1) is 19.0 Å². The van der Waals surface area contributed by atoms with Crippen molar-refractivity contribution in [2.45, 2.75) is 13.3 Å². The monoisotopic (exact) mass is 251 g/mol. The Morgan fingerprint density at radius 3 is 3.00 bits per heavy atom. The van der Waals surface area contributed by atoms with E-state index in [0.29, 0.717) is 24.8 Å². The van der Waals surface area contributed by atoms with E-state index in [1.165, 1.54) is 12.4 Å². The van der Waals surface area contributed by atoms with Gasteiger partial charge in [0, 0.05) is 6.54 Å².